The molecule has 4 nitrogen and oxygen atoms in total. The van der Waals surface area contributed by atoms with Crippen LogP contribution in [0.2, 0.25) is 0 Å². The Kier molecular flexibility index (Phi) is 8.56. The fourth-order valence-electron chi connectivity index (χ4n) is 3.56. The number of carbonyl (C=O) groups is 1. The summed E-state index contributed by atoms with van der Waals surface area (Å²) in [5.41, 5.74) is 3.99. The average Bonchev–Trinajstić information content (AvgIpc) is 2.80. The van der Waals surface area contributed by atoms with Gasteiger partial charge in [-0.1, -0.05) is 37.6 Å². The molecule has 0 unspecified atom stereocenters. The van der Waals surface area contributed by atoms with E-state index < -0.39 is 11.6 Å². The van der Waals surface area contributed by atoms with Gasteiger partial charge in [-0.3, -0.25) is 4.98 Å². The molecule has 0 amide bonds. The average molecular weight is 439 g/mol. The lowest BCUT2D eigenvalue weighted by Gasteiger charge is -2.13. The van der Waals surface area contributed by atoms with Gasteiger partial charge in [0.2, 0.25) is 0 Å². The summed E-state index contributed by atoms with van der Waals surface area (Å²) in [5, 5.41) is 0. The Balaban J connectivity index is 2.04. The van der Waals surface area contributed by atoms with Crippen molar-refractivity contribution in [1.82, 2.24) is 9.97 Å². The first-order chi connectivity index (χ1) is 15.6. The third kappa shape index (κ3) is 5.82. The third-order valence-electron chi connectivity index (χ3n) is 5.22. The SMILES string of the molecule is CCCc1c(F)cc(-c2ncc(CCOCC)nc2-c2ccc(CCC=O)cc2)cc1F. The number of rotatable bonds is 11. The highest BCUT2D eigenvalue weighted by atomic mass is 19.1. The van der Waals surface area contributed by atoms with Gasteiger partial charge < -0.3 is 9.53 Å². The van der Waals surface area contributed by atoms with Crippen LogP contribution < -0.4 is 0 Å². The van der Waals surface area contributed by atoms with Gasteiger partial charge in [-0.15, -0.1) is 0 Å². The van der Waals surface area contributed by atoms with Crippen LogP contribution >= 0.6 is 0 Å². The van der Waals surface area contributed by atoms with Gasteiger partial charge >= 0.3 is 0 Å². The fourth-order valence-corrected chi connectivity index (χ4v) is 3.56. The maximum atomic E-state index is 14.6. The van der Waals surface area contributed by atoms with Crippen molar-refractivity contribution in [3.05, 3.63) is 71.1 Å². The number of hydrogen-bond donors (Lipinski definition) is 0. The van der Waals surface area contributed by atoms with Crippen molar-refractivity contribution in [2.75, 3.05) is 13.2 Å². The van der Waals surface area contributed by atoms with Crippen LogP contribution in [0, 0.1) is 11.6 Å². The van der Waals surface area contributed by atoms with Crippen molar-refractivity contribution in [3.63, 3.8) is 0 Å². The summed E-state index contributed by atoms with van der Waals surface area (Å²) in [5.74, 6) is -1.14. The van der Waals surface area contributed by atoms with Crippen molar-refractivity contribution in [3.8, 4) is 22.5 Å². The monoisotopic (exact) mass is 438 g/mol. The molecule has 0 atom stereocenters. The lowest BCUT2D eigenvalue weighted by Crippen LogP contribution is -2.04. The molecule has 32 heavy (non-hydrogen) atoms. The molecule has 0 fully saturated rings. The second kappa shape index (κ2) is 11.6. The molecule has 0 saturated carbocycles. The predicted octanol–water partition coefficient (Wildman–Crippen LogP) is 5.75. The number of ether oxygens (including phenoxy) is 1. The number of aromatic nitrogens is 2. The minimum atomic E-state index is -0.570. The third-order valence-corrected chi connectivity index (χ3v) is 5.22. The van der Waals surface area contributed by atoms with Crippen LogP contribution in [0.15, 0.2) is 42.6 Å². The molecule has 1 aromatic heterocycles. The van der Waals surface area contributed by atoms with E-state index in [1.54, 1.807) is 6.20 Å². The fraction of sp³-hybridized carbons (Fsp3) is 0.346. The number of hydrogen-bond acceptors (Lipinski definition) is 4. The lowest BCUT2D eigenvalue weighted by molar-refractivity contribution is -0.107. The second-order valence-corrected chi connectivity index (χ2v) is 7.58. The van der Waals surface area contributed by atoms with E-state index in [0.29, 0.717) is 62.3 Å². The molecule has 2 aromatic carbocycles. The molecule has 6 heteroatoms. The van der Waals surface area contributed by atoms with E-state index in [2.05, 4.69) is 4.98 Å². The Hall–Kier alpha value is -2.99. The van der Waals surface area contributed by atoms with E-state index in [-0.39, 0.29) is 5.56 Å². The molecule has 0 saturated heterocycles. The van der Waals surface area contributed by atoms with Crippen LogP contribution in [0.3, 0.4) is 0 Å². The summed E-state index contributed by atoms with van der Waals surface area (Å²) in [7, 11) is 0. The van der Waals surface area contributed by atoms with Crippen LogP contribution in [0.4, 0.5) is 8.78 Å². The van der Waals surface area contributed by atoms with E-state index in [0.717, 1.165) is 23.1 Å². The van der Waals surface area contributed by atoms with Crippen molar-refractivity contribution in [1.29, 1.82) is 0 Å². The van der Waals surface area contributed by atoms with Gasteiger partial charge in [-0.2, -0.15) is 0 Å². The molecule has 0 aliphatic carbocycles. The minimum Gasteiger partial charge on any atom is -0.381 e. The molecule has 0 radical (unpaired) electrons. The van der Waals surface area contributed by atoms with Crippen molar-refractivity contribution in [2.24, 2.45) is 0 Å². The van der Waals surface area contributed by atoms with Crippen LogP contribution in [0.25, 0.3) is 22.5 Å². The molecule has 0 spiro atoms. The van der Waals surface area contributed by atoms with Crippen molar-refractivity contribution >= 4 is 6.29 Å². The Morgan fingerprint density at radius 1 is 0.938 bits per heavy atom. The highest BCUT2D eigenvalue weighted by Gasteiger charge is 2.17. The van der Waals surface area contributed by atoms with Gasteiger partial charge in [0, 0.05) is 42.3 Å². The number of benzene rings is 2. The number of nitrogens with zero attached hydrogens (tertiary/aromatic N) is 2. The van der Waals surface area contributed by atoms with Gasteiger partial charge in [-0.05, 0) is 37.5 Å². The number of aldehydes is 1. The summed E-state index contributed by atoms with van der Waals surface area (Å²) in [6, 6.07) is 10.3. The van der Waals surface area contributed by atoms with Gasteiger partial charge in [0.15, 0.2) is 0 Å². The predicted molar refractivity (Wildman–Crippen MR) is 121 cm³/mol. The molecular formula is C26H28F2N2O2. The highest BCUT2D eigenvalue weighted by molar-refractivity contribution is 5.78. The van der Waals surface area contributed by atoms with E-state index >= 15 is 0 Å². The molecule has 0 bridgehead atoms. The maximum Gasteiger partial charge on any atom is 0.129 e. The zero-order valence-corrected chi connectivity index (χ0v) is 18.5. The summed E-state index contributed by atoms with van der Waals surface area (Å²) < 4.78 is 34.7. The Morgan fingerprint density at radius 2 is 1.66 bits per heavy atom. The topological polar surface area (TPSA) is 52.1 Å². The van der Waals surface area contributed by atoms with Crippen LogP contribution in [0.5, 0.6) is 0 Å². The summed E-state index contributed by atoms with van der Waals surface area (Å²) in [4.78, 5) is 19.9. The zero-order chi connectivity index (χ0) is 22.9. The van der Waals surface area contributed by atoms with Gasteiger partial charge in [0.25, 0.3) is 0 Å². The first kappa shape index (κ1) is 23.7. The van der Waals surface area contributed by atoms with Crippen LogP contribution in [-0.4, -0.2) is 29.5 Å². The number of carbonyl (C=O) groups excluding carboxylic acids is 1. The molecule has 3 aromatic rings. The zero-order valence-electron chi connectivity index (χ0n) is 18.5. The second-order valence-electron chi connectivity index (χ2n) is 7.58. The Bertz CT molecular complexity index is 1030. The van der Waals surface area contributed by atoms with Gasteiger partial charge in [-0.25, -0.2) is 13.8 Å². The quantitative estimate of drug-likeness (QED) is 0.282. The van der Waals surface area contributed by atoms with Crippen molar-refractivity contribution in [2.45, 2.75) is 46.0 Å². The number of halogens is 2. The highest BCUT2D eigenvalue weighted by Crippen LogP contribution is 2.31. The van der Waals surface area contributed by atoms with Gasteiger partial charge in [0.05, 0.1) is 23.7 Å². The molecular weight excluding hydrogens is 410 g/mol. The van der Waals surface area contributed by atoms with Gasteiger partial charge in [0.1, 0.15) is 17.9 Å². The molecule has 0 aliphatic heterocycles. The maximum absolute atomic E-state index is 14.6. The molecule has 168 valence electrons. The first-order valence-electron chi connectivity index (χ1n) is 11.0. The van der Waals surface area contributed by atoms with E-state index in [4.69, 9.17) is 9.72 Å². The molecule has 0 aliphatic rings. The summed E-state index contributed by atoms with van der Waals surface area (Å²) in [6.07, 6.45) is 5.23. The van der Waals surface area contributed by atoms with Crippen molar-refractivity contribution < 1.29 is 18.3 Å². The number of aryl methyl sites for hydroxylation is 1. The summed E-state index contributed by atoms with van der Waals surface area (Å²) >= 11 is 0. The van der Waals surface area contributed by atoms with E-state index in [1.807, 2.05) is 38.1 Å². The largest absolute Gasteiger partial charge is 0.381 e. The van der Waals surface area contributed by atoms with E-state index in [1.165, 1.54) is 12.1 Å². The smallest absolute Gasteiger partial charge is 0.129 e. The lowest BCUT2D eigenvalue weighted by atomic mass is 9.99. The molecule has 0 N–H and O–H groups in total. The van der Waals surface area contributed by atoms with Crippen LogP contribution in [0.1, 0.15) is 43.5 Å². The minimum absolute atomic E-state index is 0.0959. The van der Waals surface area contributed by atoms with Crippen LogP contribution in [-0.2, 0) is 28.8 Å². The normalized spacial score (nSPS) is 11.0. The summed E-state index contributed by atoms with van der Waals surface area (Å²) in [6.45, 7) is 4.95. The molecule has 1 heterocycles. The Labute approximate surface area is 187 Å². The standard InChI is InChI=1S/C26H28F2N2O2/c1-3-6-22-23(27)15-20(16-24(22)28)25-26(30-21(17-29-25)12-14-32-4-2)19-10-8-18(9-11-19)7-5-13-31/h8-11,13,15-17H,3-7,12,14H2,1-2H3. The van der Waals surface area contributed by atoms with E-state index in [9.17, 15) is 13.6 Å². The first-order valence-corrected chi connectivity index (χ1v) is 11.0. The Morgan fingerprint density at radius 3 is 2.28 bits per heavy atom. The molecule has 3 rings (SSSR count).